The highest BCUT2D eigenvalue weighted by Gasteiger charge is 2.26. The van der Waals surface area contributed by atoms with Crippen molar-refractivity contribution in [1.29, 1.82) is 0 Å². The standard InChI is InChI=1S/C25H28N2O2/c1-19-25(21-13-7-3-8-14-21)29-23(26-19)16-17-24(28)27-18-10-4-9-15-22(27)20-11-5-2-6-12-20/h2-3,5-8,11-14,22H,4,9-10,15-18H2,1H3/t22-/m0/s1. The van der Waals surface area contributed by atoms with Gasteiger partial charge >= 0.3 is 0 Å². The summed E-state index contributed by atoms with van der Waals surface area (Å²) < 4.78 is 5.99. The Morgan fingerprint density at radius 2 is 1.76 bits per heavy atom. The van der Waals surface area contributed by atoms with E-state index in [1.807, 2.05) is 43.3 Å². The van der Waals surface area contributed by atoms with E-state index >= 15 is 0 Å². The molecule has 0 bridgehead atoms. The molecule has 0 saturated carbocycles. The number of likely N-dealkylation sites (tertiary alicyclic amines) is 1. The fourth-order valence-corrected chi connectivity index (χ4v) is 4.20. The van der Waals surface area contributed by atoms with Crippen LogP contribution in [0.3, 0.4) is 0 Å². The monoisotopic (exact) mass is 388 g/mol. The molecule has 150 valence electrons. The fourth-order valence-electron chi connectivity index (χ4n) is 4.20. The van der Waals surface area contributed by atoms with Crippen LogP contribution in [0.2, 0.25) is 0 Å². The molecule has 4 nitrogen and oxygen atoms in total. The smallest absolute Gasteiger partial charge is 0.223 e. The first kappa shape index (κ1) is 19.4. The average molecular weight is 389 g/mol. The SMILES string of the molecule is Cc1nc(CCC(=O)N2CCCCC[C@H]2c2ccccc2)oc1-c1ccccc1. The van der Waals surface area contributed by atoms with Crippen molar-refractivity contribution in [2.75, 3.05) is 6.54 Å². The lowest BCUT2D eigenvalue weighted by Gasteiger charge is -2.30. The Kier molecular flexibility index (Phi) is 6.09. The largest absolute Gasteiger partial charge is 0.440 e. The molecule has 0 spiro atoms. The molecule has 2 aromatic carbocycles. The van der Waals surface area contributed by atoms with Crippen LogP contribution in [0.4, 0.5) is 0 Å². The van der Waals surface area contributed by atoms with Crippen molar-refractivity contribution < 1.29 is 9.21 Å². The number of carbonyl (C=O) groups is 1. The first-order chi connectivity index (χ1) is 14.2. The quantitative estimate of drug-likeness (QED) is 0.561. The van der Waals surface area contributed by atoms with Crippen LogP contribution in [-0.4, -0.2) is 22.3 Å². The molecule has 3 aromatic rings. The number of hydrogen-bond donors (Lipinski definition) is 0. The van der Waals surface area contributed by atoms with Crippen LogP contribution < -0.4 is 0 Å². The maximum Gasteiger partial charge on any atom is 0.223 e. The number of benzene rings is 2. The van der Waals surface area contributed by atoms with Gasteiger partial charge in [0.2, 0.25) is 5.91 Å². The summed E-state index contributed by atoms with van der Waals surface area (Å²) in [4.78, 5) is 19.8. The summed E-state index contributed by atoms with van der Waals surface area (Å²) in [6.45, 7) is 2.79. The van der Waals surface area contributed by atoms with E-state index in [1.165, 1.54) is 18.4 Å². The molecule has 1 aliphatic heterocycles. The molecule has 1 aromatic heterocycles. The van der Waals surface area contributed by atoms with E-state index in [2.05, 4.69) is 34.1 Å². The normalized spacial score (nSPS) is 17.1. The Labute approximate surface area is 172 Å². The number of oxazole rings is 1. The Bertz CT molecular complexity index is 934. The number of rotatable bonds is 5. The van der Waals surface area contributed by atoms with Gasteiger partial charge in [-0.25, -0.2) is 4.98 Å². The molecule has 0 unspecified atom stereocenters. The summed E-state index contributed by atoms with van der Waals surface area (Å²) in [5.41, 5.74) is 3.13. The molecule has 1 fully saturated rings. The van der Waals surface area contributed by atoms with Crippen molar-refractivity contribution in [3.05, 3.63) is 77.8 Å². The molecule has 0 N–H and O–H groups in total. The van der Waals surface area contributed by atoms with Crippen molar-refractivity contribution in [1.82, 2.24) is 9.88 Å². The zero-order valence-corrected chi connectivity index (χ0v) is 17.0. The fraction of sp³-hybridized carbons (Fsp3) is 0.360. The van der Waals surface area contributed by atoms with E-state index in [4.69, 9.17) is 4.42 Å². The second-order valence-corrected chi connectivity index (χ2v) is 7.75. The second kappa shape index (κ2) is 9.08. The van der Waals surface area contributed by atoms with Gasteiger partial charge in [0.25, 0.3) is 0 Å². The van der Waals surface area contributed by atoms with Crippen LogP contribution in [0.15, 0.2) is 65.1 Å². The molecule has 1 amide bonds. The second-order valence-electron chi connectivity index (χ2n) is 7.75. The van der Waals surface area contributed by atoms with Crippen molar-refractivity contribution in [3.63, 3.8) is 0 Å². The highest BCUT2D eigenvalue weighted by Crippen LogP contribution is 2.31. The van der Waals surface area contributed by atoms with Crippen molar-refractivity contribution in [2.45, 2.75) is 51.5 Å². The molecule has 4 heteroatoms. The maximum atomic E-state index is 13.1. The Balaban J connectivity index is 1.46. The van der Waals surface area contributed by atoms with Gasteiger partial charge in [-0.2, -0.15) is 0 Å². The van der Waals surface area contributed by atoms with Gasteiger partial charge in [0.05, 0.1) is 11.7 Å². The van der Waals surface area contributed by atoms with E-state index in [0.717, 1.165) is 36.4 Å². The van der Waals surface area contributed by atoms with E-state index in [0.29, 0.717) is 18.7 Å². The predicted molar refractivity (Wildman–Crippen MR) is 114 cm³/mol. The molecular weight excluding hydrogens is 360 g/mol. The highest BCUT2D eigenvalue weighted by atomic mass is 16.4. The van der Waals surface area contributed by atoms with Gasteiger partial charge < -0.3 is 9.32 Å². The first-order valence-corrected chi connectivity index (χ1v) is 10.6. The number of amides is 1. The lowest BCUT2D eigenvalue weighted by molar-refractivity contribution is -0.133. The number of carbonyl (C=O) groups excluding carboxylic acids is 1. The molecule has 29 heavy (non-hydrogen) atoms. The van der Waals surface area contributed by atoms with Crippen LogP contribution in [-0.2, 0) is 11.2 Å². The molecule has 0 radical (unpaired) electrons. The minimum atomic E-state index is 0.178. The third-order valence-corrected chi connectivity index (χ3v) is 5.69. The number of nitrogens with zero attached hydrogens (tertiary/aromatic N) is 2. The summed E-state index contributed by atoms with van der Waals surface area (Å²) in [7, 11) is 0. The van der Waals surface area contributed by atoms with E-state index in [9.17, 15) is 4.79 Å². The van der Waals surface area contributed by atoms with Gasteiger partial charge in [-0.05, 0) is 25.3 Å². The van der Waals surface area contributed by atoms with Crippen LogP contribution in [0.5, 0.6) is 0 Å². The van der Waals surface area contributed by atoms with Crippen molar-refractivity contribution >= 4 is 5.91 Å². The van der Waals surface area contributed by atoms with Gasteiger partial charge in [-0.1, -0.05) is 73.5 Å². The Morgan fingerprint density at radius 3 is 2.52 bits per heavy atom. The summed E-state index contributed by atoms with van der Waals surface area (Å²) in [5, 5.41) is 0. The summed E-state index contributed by atoms with van der Waals surface area (Å²) in [5.74, 6) is 1.63. The number of aryl methyl sites for hydroxylation is 2. The summed E-state index contributed by atoms with van der Waals surface area (Å²) >= 11 is 0. The van der Waals surface area contributed by atoms with E-state index in [-0.39, 0.29) is 11.9 Å². The third-order valence-electron chi connectivity index (χ3n) is 5.69. The third kappa shape index (κ3) is 4.58. The molecule has 1 aliphatic rings. The number of hydrogen-bond acceptors (Lipinski definition) is 3. The minimum Gasteiger partial charge on any atom is -0.440 e. The van der Waals surface area contributed by atoms with Crippen molar-refractivity contribution in [2.24, 2.45) is 0 Å². The Hall–Kier alpha value is -2.88. The van der Waals surface area contributed by atoms with Crippen LogP contribution in [0.1, 0.15) is 55.3 Å². The van der Waals surface area contributed by atoms with Gasteiger partial charge in [-0.15, -0.1) is 0 Å². The van der Waals surface area contributed by atoms with E-state index < -0.39 is 0 Å². The average Bonchev–Trinajstić information content (AvgIpc) is 2.97. The van der Waals surface area contributed by atoms with Gasteiger partial charge in [0, 0.05) is 24.9 Å². The lowest BCUT2D eigenvalue weighted by atomic mass is 10.0. The molecule has 1 saturated heterocycles. The zero-order chi connectivity index (χ0) is 20.1. The number of aromatic nitrogens is 1. The Morgan fingerprint density at radius 1 is 1.03 bits per heavy atom. The van der Waals surface area contributed by atoms with Gasteiger partial charge in [0.1, 0.15) is 0 Å². The topological polar surface area (TPSA) is 46.3 Å². The molecule has 2 heterocycles. The van der Waals surface area contributed by atoms with Crippen LogP contribution in [0.25, 0.3) is 11.3 Å². The maximum absolute atomic E-state index is 13.1. The minimum absolute atomic E-state index is 0.178. The summed E-state index contributed by atoms with van der Waals surface area (Å²) in [6.07, 6.45) is 5.43. The summed E-state index contributed by atoms with van der Waals surface area (Å²) in [6, 6.07) is 20.6. The van der Waals surface area contributed by atoms with Crippen LogP contribution >= 0.6 is 0 Å². The molecule has 1 atom stereocenters. The van der Waals surface area contributed by atoms with Gasteiger partial charge in [0.15, 0.2) is 11.7 Å². The van der Waals surface area contributed by atoms with Crippen LogP contribution in [0, 0.1) is 6.92 Å². The lowest BCUT2D eigenvalue weighted by Crippen LogP contribution is -2.35. The van der Waals surface area contributed by atoms with Crippen molar-refractivity contribution in [3.8, 4) is 11.3 Å². The first-order valence-electron chi connectivity index (χ1n) is 10.6. The predicted octanol–water partition coefficient (Wildman–Crippen LogP) is 5.73. The molecule has 4 rings (SSSR count). The zero-order valence-electron chi connectivity index (χ0n) is 17.0. The van der Waals surface area contributed by atoms with E-state index in [1.54, 1.807) is 0 Å². The van der Waals surface area contributed by atoms with Gasteiger partial charge in [-0.3, -0.25) is 4.79 Å². The highest BCUT2D eigenvalue weighted by molar-refractivity contribution is 5.77. The molecular formula is C25H28N2O2. The molecule has 0 aliphatic carbocycles.